The lowest BCUT2D eigenvalue weighted by molar-refractivity contribution is -0.150. The lowest BCUT2D eigenvalue weighted by atomic mass is 10.0. The molecule has 0 aliphatic heterocycles. The Balaban J connectivity index is 6.06. The van der Waals surface area contributed by atoms with Crippen molar-refractivity contribution in [2.24, 2.45) is 5.73 Å². The van der Waals surface area contributed by atoms with E-state index in [0.29, 0.717) is 45.1 Å². The van der Waals surface area contributed by atoms with Crippen LogP contribution in [0.4, 0.5) is 4.79 Å². The minimum atomic E-state index is -1.31. The van der Waals surface area contributed by atoms with E-state index in [-0.39, 0.29) is 70.8 Å². The Hall–Kier alpha value is -3.95. The predicted molar refractivity (Wildman–Crippen MR) is 207 cm³/mol. The zero-order valence-corrected chi connectivity index (χ0v) is 34.4. The van der Waals surface area contributed by atoms with E-state index in [0.717, 1.165) is 32.1 Å². The molecule has 0 bridgehead atoms. The number of alkyl carbamates (subject to hydrolysis) is 1. The standard InChI is InChI=1S/C39H71N5O11/c1-7-10-26-52-33(46)22-20-30(36(49)44-31(37(50)54-28-12-9-3)21-23-34(47)53-27-11-8-2)43-35(48)29(42-32(45)19-14-13-16-24-40)18-15-17-25-41-38(51)55-39(4,5)6/h29-31H,7-28,40H2,1-6H3,(H,41,51)(H,42,45)(H,43,48)(H,44,49). The first kappa shape index (κ1) is 51.0. The lowest BCUT2D eigenvalue weighted by Gasteiger charge is -2.25. The third-order valence-corrected chi connectivity index (χ3v) is 8.12. The second-order valence-corrected chi connectivity index (χ2v) is 14.5. The van der Waals surface area contributed by atoms with Gasteiger partial charge in [-0.05, 0) is 91.5 Å². The summed E-state index contributed by atoms with van der Waals surface area (Å²) in [6.07, 6.45) is 6.43. The fourth-order valence-corrected chi connectivity index (χ4v) is 4.93. The van der Waals surface area contributed by atoms with E-state index in [2.05, 4.69) is 21.3 Å². The monoisotopic (exact) mass is 786 g/mol. The van der Waals surface area contributed by atoms with E-state index >= 15 is 0 Å². The molecular weight excluding hydrogens is 714 g/mol. The maximum atomic E-state index is 13.8. The van der Waals surface area contributed by atoms with Crippen molar-refractivity contribution in [3.63, 3.8) is 0 Å². The van der Waals surface area contributed by atoms with Crippen molar-refractivity contribution < 1.29 is 52.5 Å². The average Bonchev–Trinajstić information content (AvgIpc) is 3.12. The Labute approximate surface area is 328 Å². The molecule has 0 aromatic heterocycles. The van der Waals surface area contributed by atoms with Crippen LogP contribution in [0.5, 0.6) is 0 Å². The molecule has 0 aliphatic rings. The number of hydrogen-bond acceptors (Lipinski definition) is 12. The van der Waals surface area contributed by atoms with Gasteiger partial charge >= 0.3 is 24.0 Å². The molecule has 6 N–H and O–H groups in total. The SMILES string of the molecule is CCCCOC(=O)CCC(NC(=O)C(CCCCNC(=O)OC(C)(C)C)NC(=O)CCCCCN)C(=O)NC(CCC(=O)OCCCC)C(=O)OCCCC. The third kappa shape index (κ3) is 28.2. The molecule has 3 unspecified atom stereocenters. The van der Waals surface area contributed by atoms with Crippen molar-refractivity contribution in [3.8, 4) is 0 Å². The first-order valence-corrected chi connectivity index (χ1v) is 20.2. The fraction of sp³-hybridized carbons (Fsp3) is 0.821. The summed E-state index contributed by atoms with van der Waals surface area (Å²) >= 11 is 0. The fourth-order valence-electron chi connectivity index (χ4n) is 4.93. The van der Waals surface area contributed by atoms with Crippen molar-refractivity contribution >= 4 is 41.7 Å². The van der Waals surface area contributed by atoms with E-state index in [1.165, 1.54) is 0 Å². The smallest absolute Gasteiger partial charge is 0.407 e. The Morgan fingerprint density at radius 1 is 0.564 bits per heavy atom. The molecule has 0 aromatic carbocycles. The highest BCUT2D eigenvalue weighted by Crippen LogP contribution is 2.11. The van der Waals surface area contributed by atoms with Crippen LogP contribution < -0.4 is 27.0 Å². The van der Waals surface area contributed by atoms with Crippen LogP contribution in [0, 0.1) is 0 Å². The van der Waals surface area contributed by atoms with Crippen LogP contribution in [-0.2, 0) is 47.7 Å². The number of nitrogens with two attached hydrogens (primary N) is 1. The quantitative estimate of drug-likeness (QED) is 0.0378. The molecular formula is C39H71N5O11. The van der Waals surface area contributed by atoms with Crippen LogP contribution in [0.1, 0.15) is 151 Å². The molecule has 0 rings (SSSR count). The largest absolute Gasteiger partial charge is 0.466 e. The summed E-state index contributed by atoms with van der Waals surface area (Å²) in [4.78, 5) is 90.6. The van der Waals surface area contributed by atoms with Gasteiger partial charge in [0, 0.05) is 25.8 Å². The molecule has 0 aromatic rings. The Morgan fingerprint density at radius 3 is 1.60 bits per heavy atom. The van der Waals surface area contributed by atoms with Gasteiger partial charge in [-0.2, -0.15) is 0 Å². The summed E-state index contributed by atoms with van der Waals surface area (Å²) in [5, 5.41) is 10.7. The van der Waals surface area contributed by atoms with Crippen LogP contribution in [0.2, 0.25) is 0 Å². The summed E-state index contributed by atoms with van der Waals surface area (Å²) in [6, 6.07) is -3.60. The van der Waals surface area contributed by atoms with Crippen molar-refractivity contribution in [1.29, 1.82) is 0 Å². The molecule has 0 radical (unpaired) electrons. The maximum Gasteiger partial charge on any atom is 0.407 e. The predicted octanol–water partition coefficient (Wildman–Crippen LogP) is 4.25. The average molecular weight is 786 g/mol. The van der Waals surface area contributed by atoms with E-state index in [1.54, 1.807) is 20.8 Å². The van der Waals surface area contributed by atoms with Gasteiger partial charge in [-0.3, -0.25) is 24.0 Å². The highest BCUT2D eigenvalue weighted by Gasteiger charge is 2.31. The number of hydrogen-bond donors (Lipinski definition) is 5. The first-order chi connectivity index (χ1) is 26.2. The number of carbonyl (C=O) groups is 7. The van der Waals surface area contributed by atoms with E-state index < -0.39 is 59.5 Å². The summed E-state index contributed by atoms with van der Waals surface area (Å²) < 4.78 is 21.1. The summed E-state index contributed by atoms with van der Waals surface area (Å²) in [5.74, 6) is -3.64. The van der Waals surface area contributed by atoms with Gasteiger partial charge in [0.25, 0.3) is 0 Å². The third-order valence-electron chi connectivity index (χ3n) is 8.12. The van der Waals surface area contributed by atoms with Gasteiger partial charge in [0.15, 0.2) is 0 Å². The topological polar surface area (TPSA) is 231 Å². The van der Waals surface area contributed by atoms with Crippen molar-refractivity contribution in [2.45, 2.75) is 174 Å². The van der Waals surface area contributed by atoms with Gasteiger partial charge in [0.2, 0.25) is 17.7 Å². The van der Waals surface area contributed by atoms with Crippen LogP contribution >= 0.6 is 0 Å². The van der Waals surface area contributed by atoms with Gasteiger partial charge in [-0.25, -0.2) is 9.59 Å². The number of amides is 4. The molecule has 16 heteroatoms. The van der Waals surface area contributed by atoms with Gasteiger partial charge in [0.05, 0.1) is 19.8 Å². The Morgan fingerprint density at radius 2 is 1.07 bits per heavy atom. The second kappa shape index (κ2) is 31.3. The van der Waals surface area contributed by atoms with Crippen LogP contribution in [0.25, 0.3) is 0 Å². The lowest BCUT2D eigenvalue weighted by Crippen LogP contribution is -2.56. The Bertz CT molecular complexity index is 1150. The van der Waals surface area contributed by atoms with E-state index in [1.807, 2.05) is 20.8 Å². The number of carbonyl (C=O) groups excluding carboxylic acids is 7. The summed E-state index contributed by atoms with van der Waals surface area (Å²) in [5.41, 5.74) is 4.91. The highest BCUT2D eigenvalue weighted by atomic mass is 16.6. The highest BCUT2D eigenvalue weighted by molar-refractivity contribution is 5.94. The molecule has 0 fully saturated rings. The molecule has 0 saturated carbocycles. The van der Waals surface area contributed by atoms with Crippen LogP contribution in [-0.4, -0.2) is 98.4 Å². The molecule has 3 atom stereocenters. The van der Waals surface area contributed by atoms with Crippen molar-refractivity contribution in [3.05, 3.63) is 0 Å². The first-order valence-electron chi connectivity index (χ1n) is 20.2. The number of nitrogens with one attached hydrogen (secondary N) is 4. The minimum absolute atomic E-state index is 0.110. The van der Waals surface area contributed by atoms with Crippen LogP contribution in [0.15, 0.2) is 0 Å². The van der Waals surface area contributed by atoms with Gasteiger partial charge in [-0.1, -0.05) is 46.5 Å². The molecule has 4 amide bonds. The summed E-state index contributed by atoms with van der Waals surface area (Å²) in [7, 11) is 0. The van der Waals surface area contributed by atoms with Crippen LogP contribution in [0.3, 0.4) is 0 Å². The van der Waals surface area contributed by atoms with Gasteiger partial charge in [0.1, 0.15) is 23.7 Å². The van der Waals surface area contributed by atoms with Gasteiger partial charge < -0.3 is 45.9 Å². The summed E-state index contributed by atoms with van der Waals surface area (Å²) in [6.45, 7) is 12.4. The zero-order chi connectivity index (χ0) is 41.5. The zero-order valence-electron chi connectivity index (χ0n) is 34.4. The number of unbranched alkanes of at least 4 members (excludes halogenated alkanes) is 6. The number of ether oxygens (including phenoxy) is 4. The molecule has 0 saturated heterocycles. The molecule has 0 heterocycles. The van der Waals surface area contributed by atoms with E-state index in [4.69, 9.17) is 24.7 Å². The molecule has 55 heavy (non-hydrogen) atoms. The van der Waals surface area contributed by atoms with Crippen molar-refractivity contribution in [2.75, 3.05) is 32.9 Å². The molecule has 0 spiro atoms. The van der Waals surface area contributed by atoms with Gasteiger partial charge in [-0.15, -0.1) is 0 Å². The molecule has 318 valence electrons. The molecule has 0 aliphatic carbocycles. The van der Waals surface area contributed by atoms with Crippen molar-refractivity contribution in [1.82, 2.24) is 21.3 Å². The normalized spacial score (nSPS) is 12.7. The Kier molecular flexibility index (Phi) is 29.0. The van der Waals surface area contributed by atoms with E-state index in [9.17, 15) is 33.6 Å². The minimum Gasteiger partial charge on any atom is -0.466 e. The second-order valence-electron chi connectivity index (χ2n) is 14.5. The number of esters is 3. The molecule has 16 nitrogen and oxygen atoms in total. The number of rotatable bonds is 31. The maximum absolute atomic E-state index is 13.8.